The zero-order chi connectivity index (χ0) is 13.1. The highest BCUT2D eigenvalue weighted by Crippen LogP contribution is 2.26. The Labute approximate surface area is 111 Å². The summed E-state index contributed by atoms with van der Waals surface area (Å²) in [5.74, 6) is 0.670. The van der Waals surface area contributed by atoms with Gasteiger partial charge in [-0.05, 0) is 31.4 Å². The number of pyridine rings is 1. The van der Waals surface area contributed by atoms with Gasteiger partial charge in [-0.1, -0.05) is 19.9 Å². The van der Waals surface area contributed by atoms with Gasteiger partial charge in [-0.3, -0.25) is 9.88 Å². The maximum absolute atomic E-state index is 4.25. The minimum absolute atomic E-state index is 0.440. The quantitative estimate of drug-likeness (QED) is 0.889. The number of rotatable bonds is 3. The van der Waals surface area contributed by atoms with Gasteiger partial charge in [0.1, 0.15) is 0 Å². The van der Waals surface area contributed by atoms with Gasteiger partial charge in [0, 0.05) is 43.6 Å². The van der Waals surface area contributed by atoms with Crippen LogP contribution >= 0.6 is 0 Å². The van der Waals surface area contributed by atoms with Gasteiger partial charge in [0.2, 0.25) is 0 Å². The molecule has 2 rings (SSSR count). The summed E-state index contributed by atoms with van der Waals surface area (Å²) in [6, 6.07) is 5.83. The molecule has 0 spiro atoms. The first-order chi connectivity index (χ1) is 8.59. The van der Waals surface area contributed by atoms with E-state index in [9.17, 15) is 0 Å². The van der Waals surface area contributed by atoms with Crippen molar-refractivity contribution in [2.75, 3.05) is 13.1 Å². The van der Waals surface area contributed by atoms with Crippen LogP contribution in [0.5, 0.6) is 0 Å². The monoisotopic (exact) mass is 247 g/mol. The van der Waals surface area contributed by atoms with Crippen molar-refractivity contribution < 1.29 is 0 Å². The lowest BCUT2D eigenvalue weighted by Crippen LogP contribution is -2.57. The standard InChI is InChI=1S/C15H25N3/c1-11(2)15-9-17-12(3)10-18(15)13(4)14-6-5-7-16-8-14/h5-8,11-13,15,17H,9-10H2,1-4H3. The van der Waals surface area contributed by atoms with E-state index >= 15 is 0 Å². The minimum atomic E-state index is 0.440. The van der Waals surface area contributed by atoms with Gasteiger partial charge >= 0.3 is 0 Å². The molecule has 0 aromatic carbocycles. The second-order valence-electron chi connectivity index (χ2n) is 5.78. The van der Waals surface area contributed by atoms with Gasteiger partial charge < -0.3 is 5.32 Å². The molecule has 3 atom stereocenters. The van der Waals surface area contributed by atoms with E-state index in [4.69, 9.17) is 0 Å². The predicted molar refractivity (Wildman–Crippen MR) is 75.4 cm³/mol. The van der Waals surface area contributed by atoms with Gasteiger partial charge in [0.05, 0.1) is 0 Å². The maximum Gasteiger partial charge on any atom is 0.0339 e. The van der Waals surface area contributed by atoms with Gasteiger partial charge in [-0.25, -0.2) is 0 Å². The van der Waals surface area contributed by atoms with Crippen LogP contribution in [-0.4, -0.2) is 35.1 Å². The van der Waals surface area contributed by atoms with Crippen LogP contribution in [0.2, 0.25) is 0 Å². The van der Waals surface area contributed by atoms with Crippen molar-refractivity contribution in [1.29, 1.82) is 0 Å². The summed E-state index contributed by atoms with van der Waals surface area (Å²) < 4.78 is 0. The summed E-state index contributed by atoms with van der Waals surface area (Å²) in [6.07, 6.45) is 3.84. The largest absolute Gasteiger partial charge is 0.311 e. The fraction of sp³-hybridized carbons (Fsp3) is 0.667. The summed E-state index contributed by atoms with van der Waals surface area (Å²) in [5, 5.41) is 3.59. The molecule has 0 bridgehead atoms. The number of hydrogen-bond acceptors (Lipinski definition) is 3. The second kappa shape index (κ2) is 5.81. The molecule has 18 heavy (non-hydrogen) atoms. The molecule has 0 radical (unpaired) electrons. The molecule has 3 unspecified atom stereocenters. The van der Waals surface area contributed by atoms with Gasteiger partial charge in [0.15, 0.2) is 0 Å². The van der Waals surface area contributed by atoms with Crippen LogP contribution in [0.15, 0.2) is 24.5 Å². The average molecular weight is 247 g/mol. The van der Waals surface area contributed by atoms with Crippen molar-refractivity contribution in [3.63, 3.8) is 0 Å². The third-order valence-electron chi connectivity index (χ3n) is 4.02. The Kier molecular flexibility index (Phi) is 4.36. The number of nitrogens with zero attached hydrogens (tertiary/aromatic N) is 2. The molecule has 1 fully saturated rings. The maximum atomic E-state index is 4.25. The Bertz CT molecular complexity index is 363. The minimum Gasteiger partial charge on any atom is -0.311 e. The zero-order valence-electron chi connectivity index (χ0n) is 11.9. The lowest BCUT2D eigenvalue weighted by molar-refractivity contribution is 0.0656. The Morgan fingerprint density at radius 1 is 1.39 bits per heavy atom. The van der Waals surface area contributed by atoms with Crippen LogP contribution < -0.4 is 5.32 Å². The average Bonchev–Trinajstić information content (AvgIpc) is 2.38. The molecule has 1 aromatic heterocycles. The summed E-state index contributed by atoms with van der Waals surface area (Å²) in [6.45, 7) is 11.4. The molecular weight excluding hydrogens is 222 g/mol. The molecule has 3 nitrogen and oxygen atoms in total. The fourth-order valence-corrected chi connectivity index (χ4v) is 2.83. The molecule has 0 amide bonds. The zero-order valence-corrected chi connectivity index (χ0v) is 11.9. The highest BCUT2D eigenvalue weighted by molar-refractivity contribution is 5.14. The lowest BCUT2D eigenvalue weighted by atomic mass is 9.95. The number of piperazine rings is 1. The lowest BCUT2D eigenvalue weighted by Gasteiger charge is -2.44. The van der Waals surface area contributed by atoms with E-state index in [-0.39, 0.29) is 0 Å². The van der Waals surface area contributed by atoms with Crippen LogP contribution in [0.4, 0.5) is 0 Å². The van der Waals surface area contributed by atoms with Crippen molar-refractivity contribution in [2.45, 2.75) is 45.8 Å². The summed E-state index contributed by atoms with van der Waals surface area (Å²) in [4.78, 5) is 6.88. The Morgan fingerprint density at radius 2 is 2.17 bits per heavy atom. The van der Waals surface area contributed by atoms with E-state index in [2.05, 4.69) is 49.0 Å². The summed E-state index contributed by atoms with van der Waals surface area (Å²) >= 11 is 0. The topological polar surface area (TPSA) is 28.2 Å². The van der Waals surface area contributed by atoms with Gasteiger partial charge in [0.25, 0.3) is 0 Å². The first kappa shape index (κ1) is 13.5. The molecule has 1 aliphatic heterocycles. The number of nitrogens with one attached hydrogen (secondary N) is 1. The van der Waals surface area contributed by atoms with E-state index < -0.39 is 0 Å². The van der Waals surface area contributed by atoms with E-state index in [1.54, 1.807) is 0 Å². The highest BCUT2D eigenvalue weighted by Gasteiger charge is 2.31. The third-order valence-corrected chi connectivity index (χ3v) is 4.02. The van der Waals surface area contributed by atoms with Crippen molar-refractivity contribution in [2.24, 2.45) is 5.92 Å². The van der Waals surface area contributed by atoms with Crippen LogP contribution in [0.1, 0.15) is 39.3 Å². The predicted octanol–water partition coefficient (Wildman–Crippen LogP) is 2.46. The van der Waals surface area contributed by atoms with Crippen LogP contribution in [-0.2, 0) is 0 Å². The first-order valence-corrected chi connectivity index (χ1v) is 6.98. The molecule has 1 N–H and O–H groups in total. The molecule has 0 saturated carbocycles. The van der Waals surface area contributed by atoms with E-state index in [0.29, 0.717) is 24.0 Å². The first-order valence-electron chi connectivity index (χ1n) is 6.98. The Balaban J connectivity index is 2.17. The van der Waals surface area contributed by atoms with Crippen LogP contribution in [0.3, 0.4) is 0 Å². The molecule has 2 heterocycles. The molecule has 3 heteroatoms. The van der Waals surface area contributed by atoms with E-state index in [1.165, 1.54) is 5.56 Å². The summed E-state index contributed by atoms with van der Waals surface area (Å²) in [5.41, 5.74) is 1.32. The molecule has 100 valence electrons. The number of aromatic nitrogens is 1. The molecule has 0 aliphatic carbocycles. The van der Waals surface area contributed by atoms with Crippen LogP contribution in [0.25, 0.3) is 0 Å². The molecule has 1 aromatic rings. The second-order valence-corrected chi connectivity index (χ2v) is 5.78. The molecule has 1 aliphatic rings. The molecule has 1 saturated heterocycles. The van der Waals surface area contributed by atoms with Crippen molar-refractivity contribution in [3.8, 4) is 0 Å². The van der Waals surface area contributed by atoms with Crippen molar-refractivity contribution >= 4 is 0 Å². The van der Waals surface area contributed by atoms with Gasteiger partial charge in [-0.2, -0.15) is 0 Å². The normalized spacial score (nSPS) is 27.4. The van der Waals surface area contributed by atoms with Crippen molar-refractivity contribution in [1.82, 2.24) is 15.2 Å². The Hall–Kier alpha value is -0.930. The van der Waals surface area contributed by atoms with Crippen molar-refractivity contribution in [3.05, 3.63) is 30.1 Å². The van der Waals surface area contributed by atoms with Gasteiger partial charge in [-0.15, -0.1) is 0 Å². The van der Waals surface area contributed by atoms with E-state index in [1.807, 2.05) is 18.5 Å². The van der Waals surface area contributed by atoms with E-state index in [0.717, 1.165) is 13.1 Å². The smallest absolute Gasteiger partial charge is 0.0339 e. The van der Waals surface area contributed by atoms with Crippen LogP contribution in [0, 0.1) is 5.92 Å². The summed E-state index contributed by atoms with van der Waals surface area (Å²) in [7, 11) is 0. The number of hydrogen-bond donors (Lipinski definition) is 1. The SMILES string of the molecule is CC1CN(C(C)c2cccnc2)C(C(C)C)CN1. The molecular formula is C15H25N3. The highest BCUT2D eigenvalue weighted by atomic mass is 15.3. The fourth-order valence-electron chi connectivity index (χ4n) is 2.83. The Morgan fingerprint density at radius 3 is 2.78 bits per heavy atom. The third kappa shape index (κ3) is 2.90.